The molecule has 0 aliphatic heterocycles. The van der Waals surface area contributed by atoms with Gasteiger partial charge in [0.2, 0.25) is 5.91 Å². The van der Waals surface area contributed by atoms with Gasteiger partial charge >= 0.3 is 6.18 Å². The first kappa shape index (κ1) is 14.9. The summed E-state index contributed by atoms with van der Waals surface area (Å²) in [5.41, 5.74) is 5.13. The lowest BCUT2D eigenvalue weighted by Crippen LogP contribution is -2.10. The van der Waals surface area contributed by atoms with E-state index >= 15 is 0 Å². The highest BCUT2D eigenvalue weighted by molar-refractivity contribution is 5.92. The summed E-state index contributed by atoms with van der Waals surface area (Å²) in [4.78, 5) is 10.9. The molecule has 21 heavy (non-hydrogen) atoms. The summed E-state index contributed by atoms with van der Waals surface area (Å²) in [5.74, 6) is -0.114. The highest BCUT2D eigenvalue weighted by Gasteiger charge is 2.30. The zero-order valence-electron chi connectivity index (χ0n) is 10.9. The molecular formula is C15H12F3NO2. The van der Waals surface area contributed by atoms with E-state index in [2.05, 4.69) is 0 Å². The molecule has 0 saturated heterocycles. The molecule has 0 radical (unpaired) electrons. The van der Waals surface area contributed by atoms with Gasteiger partial charge in [-0.1, -0.05) is 12.1 Å². The van der Waals surface area contributed by atoms with Crippen LogP contribution >= 0.6 is 0 Å². The fourth-order valence-electron chi connectivity index (χ4n) is 1.72. The summed E-state index contributed by atoms with van der Waals surface area (Å²) < 4.78 is 43.1. The van der Waals surface area contributed by atoms with Gasteiger partial charge in [-0.25, -0.2) is 0 Å². The molecule has 2 rings (SSSR count). The molecule has 6 heteroatoms. The number of rotatable bonds is 4. The first-order valence-corrected chi connectivity index (χ1v) is 6.05. The molecule has 0 saturated carbocycles. The third-order valence-corrected chi connectivity index (χ3v) is 2.80. The van der Waals surface area contributed by atoms with Crippen molar-refractivity contribution in [3.05, 3.63) is 65.2 Å². The van der Waals surface area contributed by atoms with Crippen molar-refractivity contribution in [2.75, 3.05) is 0 Å². The van der Waals surface area contributed by atoms with Gasteiger partial charge in [-0.05, 0) is 42.0 Å². The van der Waals surface area contributed by atoms with Crippen molar-refractivity contribution in [1.29, 1.82) is 0 Å². The number of alkyl halides is 3. The number of primary amides is 1. The number of ether oxygens (including phenoxy) is 1. The second kappa shape index (κ2) is 5.87. The minimum atomic E-state index is -4.38. The summed E-state index contributed by atoms with van der Waals surface area (Å²) >= 11 is 0. The molecule has 0 aliphatic rings. The normalized spacial score (nSPS) is 11.2. The molecule has 0 heterocycles. The Balaban J connectivity index is 2.04. The van der Waals surface area contributed by atoms with Crippen LogP contribution in [0.25, 0.3) is 0 Å². The number of amides is 1. The summed E-state index contributed by atoms with van der Waals surface area (Å²) in [5, 5.41) is 0. The number of carbonyl (C=O) groups is 1. The molecule has 2 aromatic rings. The molecule has 0 bridgehead atoms. The second-order valence-electron chi connectivity index (χ2n) is 4.38. The third-order valence-electron chi connectivity index (χ3n) is 2.80. The number of hydrogen-bond donors (Lipinski definition) is 1. The van der Waals surface area contributed by atoms with Crippen LogP contribution in [0.2, 0.25) is 0 Å². The monoisotopic (exact) mass is 295 g/mol. The average molecular weight is 295 g/mol. The topological polar surface area (TPSA) is 52.3 Å². The van der Waals surface area contributed by atoms with Crippen LogP contribution in [0, 0.1) is 0 Å². The first-order chi connectivity index (χ1) is 9.86. The molecule has 110 valence electrons. The van der Waals surface area contributed by atoms with Crippen molar-refractivity contribution >= 4 is 5.91 Å². The van der Waals surface area contributed by atoms with Gasteiger partial charge in [0.05, 0.1) is 5.56 Å². The van der Waals surface area contributed by atoms with Crippen LogP contribution in [0.15, 0.2) is 48.5 Å². The van der Waals surface area contributed by atoms with Crippen LogP contribution in [0.1, 0.15) is 21.5 Å². The van der Waals surface area contributed by atoms with Gasteiger partial charge in [-0.15, -0.1) is 0 Å². The maximum Gasteiger partial charge on any atom is 0.416 e. The average Bonchev–Trinajstić information content (AvgIpc) is 2.45. The summed E-state index contributed by atoms with van der Waals surface area (Å²) in [7, 11) is 0. The van der Waals surface area contributed by atoms with E-state index in [4.69, 9.17) is 10.5 Å². The molecule has 3 nitrogen and oxygen atoms in total. The number of halogens is 3. The summed E-state index contributed by atoms with van der Waals surface area (Å²) in [6, 6.07) is 11.0. The standard InChI is InChI=1S/C15H12F3NO2/c16-15(17,18)12-3-1-2-10(8-12)9-21-13-6-4-11(5-7-13)14(19)20/h1-8H,9H2,(H2,19,20). The molecule has 2 aromatic carbocycles. The zero-order chi connectivity index (χ0) is 15.5. The van der Waals surface area contributed by atoms with Gasteiger partial charge < -0.3 is 10.5 Å². The number of carbonyl (C=O) groups excluding carboxylic acids is 1. The van der Waals surface area contributed by atoms with E-state index in [1.807, 2.05) is 0 Å². The first-order valence-electron chi connectivity index (χ1n) is 6.05. The van der Waals surface area contributed by atoms with Crippen LogP contribution < -0.4 is 10.5 Å². The molecule has 1 amide bonds. The van der Waals surface area contributed by atoms with Crippen LogP contribution in [0.4, 0.5) is 13.2 Å². The maximum absolute atomic E-state index is 12.6. The lowest BCUT2D eigenvalue weighted by Gasteiger charge is -2.10. The maximum atomic E-state index is 12.6. The summed E-state index contributed by atoms with van der Waals surface area (Å²) in [6.07, 6.45) is -4.38. The van der Waals surface area contributed by atoms with Gasteiger partial charge in [0.1, 0.15) is 12.4 Å². The quantitative estimate of drug-likeness (QED) is 0.940. The lowest BCUT2D eigenvalue weighted by molar-refractivity contribution is -0.137. The van der Waals surface area contributed by atoms with Crippen LogP contribution in [0.5, 0.6) is 5.75 Å². The fourth-order valence-corrected chi connectivity index (χ4v) is 1.72. The van der Waals surface area contributed by atoms with Gasteiger partial charge in [0, 0.05) is 5.56 Å². The van der Waals surface area contributed by atoms with E-state index in [1.165, 1.54) is 30.3 Å². The van der Waals surface area contributed by atoms with Gasteiger partial charge in [-0.3, -0.25) is 4.79 Å². The number of hydrogen-bond acceptors (Lipinski definition) is 2. The highest BCUT2D eigenvalue weighted by atomic mass is 19.4. The van der Waals surface area contributed by atoms with Crippen LogP contribution in [-0.2, 0) is 12.8 Å². The van der Waals surface area contributed by atoms with E-state index < -0.39 is 17.6 Å². The number of benzene rings is 2. The molecule has 0 unspecified atom stereocenters. The minimum absolute atomic E-state index is 0.000161. The van der Waals surface area contributed by atoms with Crippen LogP contribution in [-0.4, -0.2) is 5.91 Å². The highest BCUT2D eigenvalue weighted by Crippen LogP contribution is 2.29. The zero-order valence-corrected chi connectivity index (χ0v) is 10.9. The van der Waals surface area contributed by atoms with Crippen LogP contribution in [0.3, 0.4) is 0 Å². The third kappa shape index (κ3) is 3.98. The second-order valence-corrected chi connectivity index (χ2v) is 4.38. The molecule has 0 spiro atoms. The van der Waals surface area contributed by atoms with E-state index in [0.29, 0.717) is 16.9 Å². The molecule has 0 aromatic heterocycles. The Morgan fingerprint density at radius 2 is 1.76 bits per heavy atom. The van der Waals surface area contributed by atoms with Crippen molar-refractivity contribution < 1.29 is 22.7 Å². The molecule has 0 fully saturated rings. The van der Waals surface area contributed by atoms with Crippen molar-refractivity contribution in [2.45, 2.75) is 12.8 Å². The van der Waals surface area contributed by atoms with Gasteiger partial charge in [0.25, 0.3) is 0 Å². The lowest BCUT2D eigenvalue weighted by atomic mass is 10.1. The SMILES string of the molecule is NC(=O)c1ccc(OCc2cccc(C(F)(F)F)c2)cc1. The smallest absolute Gasteiger partial charge is 0.416 e. The van der Waals surface area contributed by atoms with Crippen molar-refractivity contribution in [2.24, 2.45) is 5.73 Å². The fraction of sp³-hybridized carbons (Fsp3) is 0.133. The minimum Gasteiger partial charge on any atom is -0.489 e. The summed E-state index contributed by atoms with van der Waals surface area (Å²) in [6.45, 7) is -0.000161. The predicted molar refractivity (Wildman–Crippen MR) is 70.7 cm³/mol. The Morgan fingerprint density at radius 1 is 1.10 bits per heavy atom. The van der Waals surface area contributed by atoms with Crippen molar-refractivity contribution in [3.63, 3.8) is 0 Å². The van der Waals surface area contributed by atoms with E-state index in [9.17, 15) is 18.0 Å². The largest absolute Gasteiger partial charge is 0.489 e. The van der Waals surface area contributed by atoms with Gasteiger partial charge in [-0.2, -0.15) is 13.2 Å². The van der Waals surface area contributed by atoms with Crippen molar-refractivity contribution in [3.8, 4) is 5.75 Å². The van der Waals surface area contributed by atoms with Crippen molar-refractivity contribution in [1.82, 2.24) is 0 Å². The van der Waals surface area contributed by atoms with E-state index in [1.54, 1.807) is 6.07 Å². The molecule has 2 N–H and O–H groups in total. The molecule has 0 aliphatic carbocycles. The Morgan fingerprint density at radius 3 is 2.33 bits per heavy atom. The molecular weight excluding hydrogens is 283 g/mol. The van der Waals surface area contributed by atoms with Gasteiger partial charge in [0.15, 0.2) is 0 Å². The Kier molecular flexibility index (Phi) is 4.16. The van der Waals surface area contributed by atoms with E-state index in [-0.39, 0.29) is 6.61 Å². The molecule has 0 atom stereocenters. The van der Waals surface area contributed by atoms with E-state index in [0.717, 1.165) is 12.1 Å². The number of nitrogens with two attached hydrogens (primary N) is 1. The Hall–Kier alpha value is -2.50. The Labute approximate surface area is 119 Å². The predicted octanol–water partition coefficient (Wildman–Crippen LogP) is 3.38. The Bertz CT molecular complexity index is 636.